The Morgan fingerprint density at radius 3 is 2.48 bits per heavy atom. The molecule has 0 heterocycles. The van der Waals surface area contributed by atoms with Crippen LogP contribution >= 0.6 is 23.4 Å². The molecule has 0 aliphatic heterocycles. The van der Waals surface area contributed by atoms with E-state index in [0.717, 1.165) is 27.7 Å². The molecular weight excluding hydrogens is 302 g/mol. The van der Waals surface area contributed by atoms with E-state index in [0.29, 0.717) is 0 Å². The van der Waals surface area contributed by atoms with Crippen LogP contribution in [-0.2, 0) is 0 Å². The first-order chi connectivity index (χ1) is 10.2. The van der Waals surface area contributed by atoms with Gasteiger partial charge in [-0.15, -0.1) is 11.8 Å². The van der Waals surface area contributed by atoms with Gasteiger partial charge in [0.2, 0.25) is 0 Å². The van der Waals surface area contributed by atoms with E-state index < -0.39 is 0 Å². The minimum absolute atomic E-state index is 0.0276. The fourth-order valence-electron chi connectivity index (χ4n) is 2.15. The van der Waals surface area contributed by atoms with E-state index in [1.165, 1.54) is 0 Å². The molecule has 2 N–H and O–H groups in total. The van der Waals surface area contributed by atoms with E-state index in [1.54, 1.807) is 18.9 Å². The van der Waals surface area contributed by atoms with Crippen molar-refractivity contribution in [1.82, 2.24) is 0 Å². The standard InChI is InChI=1S/C17H20ClNOS/c1-3-14(19)17(12-8-4-5-9-13(12)18)21-16-11-7-6-10-15(16)20-2/h4-11,14,17H,3,19H2,1-2H3. The maximum Gasteiger partial charge on any atom is 0.132 e. The van der Waals surface area contributed by atoms with Crippen LogP contribution in [0, 0.1) is 0 Å². The fourth-order valence-corrected chi connectivity index (χ4v) is 3.87. The summed E-state index contributed by atoms with van der Waals surface area (Å²) >= 11 is 8.07. The first-order valence-electron chi connectivity index (χ1n) is 6.97. The summed E-state index contributed by atoms with van der Waals surface area (Å²) in [5.74, 6) is 0.864. The van der Waals surface area contributed by atoms with Crippen molar-refractivity contribution in [2.24, 2.45) is 5.73 Å². The molecule has 112 valence electrons. The Morgan fingerprint density at radius 1 is 1.14 bits per heavy atom. The van der Waals surface area contributed by atoms with Crippen LogP contribution < -0.4 is 10.5 Å². The van der Waals surface area contributed by atoms with Crippen molar-refractivity contribution < 1.29 is 4.74 Å². The lowest BCUT2D eigenvalue weighted by atomic mass is 10.0. The monoisotopic (exact) mass is 321 g/mol. The second kappa shape index (κ2) is 7.74. The number of benzene rings is 2. The van der Waals surface area contributed by atoms with Gasteiger partial charge >= 0.3 is 0 Å². The molecule has 0 bridgehead atoms. The Hall–Kier alpha value is -1.16. The first-order valence-corrected chi connectivity index (χ1v) is 8.22. The van der Waals surface area contributed by atoms with Crippen molar-refractivity contribution >= 4 is 23.4 Å². The molecule has 2 aromatic rings. The molecular formula is C17H20ClNOS. The summed E-state index contributed by atoms with van der Waals surface area (Å²) in [7, 11) is 1.68. The average molecular weight is 322 g/mol. The summed E-state index contributed by atoms with van der Waals surface area (Å²) in [4.78, 5) is 1.08. The summed E-state index contributed by atoms with van der Waals surface area (Å²) in [5, 5.41) is 0.855. The molecule has 2 atom stereocenters. The highest BCUT2D eigenvalue weighted by Gasteiger charge is 2.23. The lowest BCUT2D eigenvalue weighted by molar-refractivity contribution is 0.404. The van der Waals surface area contributed by atoms with Crippen LogP contribution in [0.2, 0.25) is 5.02 Å². The molecule has 0 aromatic heterocycles. The smallest absolute Gasteiger partial charge is 0.132 e. The zero-order valence-electron chi connectivity index (χ0n) is 12.3. The second-order valence-electron chi connectivity index (χ2n) is 4.78. The molecule has 0 aliphatic rings. The van der Waals surface area contributed by atoms with E-state index in [9.17, 15) is 0 Å². The van der Waals surface area contributed by atoms with Gasteiger partial charge in [0.1, 0.15) is 5.75 Å². The number of hydrogen-bond acceptors (Lipinski definition) is 3. The van der Waals surface area contributed by atoms with Crippen LogP contribution in [0.1, 0.15) is 24.2 Å². The van der Waals surface area contributed by atoms with E-state index in [2.05, 4.69) is 13.0 Å². The zero-order valence-corrected chi connectivity index (χ0v) is 13.8. The molecule has 0 fully saturated rings. The van der Waals surface area contributed by atoms with Crippen molar-refractivity contribution in [1.29, 1.82) is 0 Å². The summed E-state index contributed by atoms with van der Waals surface area (Å²) in [6.07, 6.45) is 0.887. The number of halogens is 1. The summed E-state index contributed by atoms with van der Waals surface area (Å²) < 4.78 is 5.43. The molecule has 4 heteroatoms. The van der Waals surface area contributed by atoms with Crippen molar-refractivity contribution in [2.75, 3.05) is 7.11 Å². The normalized spacial score (nSPS) is 13.7. The lowest BCUT2D eigenvalue weighted by Crippen LogP contribution is -2.25. The fraction of sp³-hybridized carbons (Fsp3) is 0.294. The van der Waals surface area contributed by atoms with Crippen molar-refractivity contribution in [3.63, 3.8) is 0 Å². The zero-order chi connectivity index (χ0) is 15.2. The quantitative estimate of drug-likeness (QED) is 0.767. The van der Waals surface area contributed by atoms with Crippen LogP contribution in [-0.4, -0.2) is 13.2 Å². The Balaban J connectivity index is 2.36. The molecule has 0 amide bonds. The van der Waals surface area contributed by atoms with Gasteiger partial charge < -0.3 is 10.5 Å². The topological polar surface area (TPSA) is 35.2 Å². The highest BCUT2D eigenvalue weighted by Crippen LogP contribution is 2.43. The highest BCUT2D eigenvalue weighted by atomic mass is 35.5. The third-order valence-electron chi connectivity index (χ3n) is 3.40. The summed E-state index contributed by atoms with van der Waals surface area (Å²) in [6.45, 7) is 2.09. The predicted molar refractivity (Wildman–Crippen MR) is 91.3 cm³/mol. The van der Waals surface area contributed by atoms with E-state index >= 15 is 0 Å². The molecule has 2 nitrogen and oxygen atoms in total. The number of rotatable bonds is 6. The number of ether oxygens (including phenoxy) is 1. The SMILES string of the molecule is CCC(N)C(Sc1ccccc1OC)c1ccccc1Cl. The van der Waals surface area contributed by atoms with Crippen LogP contribution in [0.3, 0.4) is 0 Å². The van der Waals surface area contributed by atoms with Gasteiger partial charge in [0.05, 0.1) is 12.4 Å². The number of para-hydroxylation sites is 1. The maximum absolute atomic E-state index is 6.36. The van der Waals surface area contributed by atoms with Crippen LogP contribution in [0.25, 0.3) is 0 Å². The third-order valence-corrected chi connectivity index (χ3v) is 5.19. The number of methoxy groups -OCH3 is 1. The maximum atomic E-state index is 6.36. The summed E-state index contributed by atoms with van der Waals surface area (Å²) in [5.41, 5.74) is 7.41. The molecule has 0 saturated carbocycles. The molecule has 0 aliphatic carbocycles. The Morgan fingerprint density at radius 2 is 1.81 bits per heavy atom. The Labute approximate surface area is 135 Å². The Kier molecular flexibility index (Phi) is 5.97. The molecule has 0 saturated heterocycles. The molecule has 2 aromatic carbocycles. The van der Waals surface area contributed by atoms with Gasteiger partial charge in [-0.25, -0.2) is 0 Å². The number of hydrogen-bond donors (Lipinski definition) is 1. The summed E-state index contributed by atoms with van der Waals surface area (Å²) in [6, 6.07) is 15.9. The van der Waals surface area contributed by atoms with Gasteiger partial charge in [-0.1, -0.05) is 48.9 Å². The molecule has 0 radical (unpaired) electrons. The van der Waals surface area contributed by atoms with Crippen LogP contribution in [0.4, 0.5) is 0 Å². The van der Waals surface area contributed by atoms with Crippen LogP contribution in [0.5, 0.6) is 5.75 Å². The van der Waals surface area contributed by atoms with Gasteiger partial charge in [-0.05, 0) is 30.2 Å². The van der Waals surface area contributed by atoms with Gasteiger partial charge in [-0.2, -0.15) is 0 Å². The van der Waals surface area contributed by atoms with Crippen LogP contribution in [0.15, 0.2) is 53.4 Å². The first kappa shape index (κ1) is 16.2. The van der Waals surface area contributed by atoms with Crippen molar-refractivity contribution in [2.45, 2.75) is 29.5 Å². The molecule has 21 heavy (non-hydrogen) atoms. The van der Waals surface area contributed by atoms with E-state index in [1.807, 2.05) is 42.5 Å². The van der Waals surface area contributed by atoms with Gasteiger partial charge in [0, 0.05) is 16.0 Å². The third kappa shape index (κ3) is 3.94. The average Bonchev–Trinajstić information content (AvgIpc) is 2.53. The lowest BCUT2D eigenvalue weighted by Gasteiger charge is -2.24. The highest BCUT2D eigenvalue weighted by molar-refractivity contribution is 7.99. The second-order valence-corrected chi connectivity index (χ2v) is 6.37. The molecule has 2 rings (SSSR count). The van der Waals surface area contributed by atoms with E-state index in [-0.39, 0.29) is 11.3 Å². The number of thioether (sulfide) groups is 1. The minimum atomic E-state index is 0.0276. The van der Waals surface area contributed by atoms with Crippen molar-refractivity contribution in [3.8, 4) is 5.75 Å². The largest absolute Gasteiger partial charge is 0.496 e. The predicted octanol–water partition coefficient (Wildman–Crippen LogP) is 4.92. The van der Waals surface area contributed by atoms with Gasteiger partial charge in [0.15, 0.2) is 0 Å². The van der Waals surface area contributed by atoms with Gasteiger partial charge in [0.25, 0.3) is 0 Å². The van der Waals surface area contributed by atoms with E-state index in [4.69, 9.17) is 22.1 Å². The van der Waals surface area contributed by atoms with Crippen molar-refractivity contribution in [3.05, 3.63) is 59.1 Å². The molecule has 0 spiro atoms. The molecule has 2 unspecified atom stereocenters. The number of nitrogens with two attached hydrogens (primary N) is 1. The Bertz CT molecular complexity index is 591. The van der Waals surface area contributed by atoms with Gasteiger partial charge in [-0.3, -0.25) is 0 Å². The minimum Gasteiger partial charge on any atom is -0.496 e.